The summed E-state index contributed by atoms with van der Waals surface area (Å²) in [5, 5.41) is 4.05. The number of rotatable bonds is 1. The van der Waals surface area contributed by atoms with E-state index in [0.29, 0.717) is 11.6 Å². The molecule has 3 nitrogen and oxygen atoms in total. The molecule has 84 valence electrons. The Labute approximate surface area is 100 Å². The van der Waals surface area contributed by atoms with Crippen molar-refractivity contribution in [1.29, 1.82) is 0 Å². The number of anilines is 1. The Hall–Kier alpha value is -0.480. The number of nitrogens with two attached hydrogens (primary N) is 1. The predicted molar refractivity (Wildman–Crippen MR) is 64.7 cm³/mol. The summed E-state index contributed by atoms with van der Waals surface area (Å²) in [5.74, 6) is 0. The number of benzene rings is 1. The van der Waals surface area contributed by atoms with Crippen LogP contribution in [0.25, 0.3) is 0 Å². The molecule has 1 saturated heterocycles. The van der Waals surface area contributed by atoms with Crippen LogP contribution in [-0.4, -0.2) is 19.8 Å². The Morgan fingerprint density at radius 3 is 2.93 bits per heavy atom. The van der Waals surface area contributed by atoms with E-state index in [-0.39, 0.29) is 18.4 Å². The van der Waals surface area contributed by atoms with Crippen molar-refractivity contribution in [3.63, 3.8) is 0 Å². The predicted octanol–water partition coefficient (Wildman–Crippen LogP) is 2.00. The summed E-state index contributed by atoms with van der Waals surface area (Å²) < 4.78 is 5.37. The van der Waals surface area contributed by atoms with Gasteiger partial charge in [-0.15, -0.1) is 12.4 Å². The second kappa shape index (κ2) is 5.56. The molecular weight excluding hydrogens is 235 g/mol. The molecule has 1 aromatic carbocycles. The zero-order valence-corrected chi connectivity index (χ0v) is 9.77. The van der Waals surface area contributed by atoms with E-state index in [0.717, 1.165) is 24.4 Å². The molecule has 0 bridgehead atoms. The maximum absolute atomic E-state index is 5.91. The number of hydrogen-bond donors (Lipinski definition) is 2. The molecule has 1 aliphatic rings. The smallest absolute Gasteiger partial charge is 0.0662 e. The van der Waals surface area contributed by atoms with Crippen molar-refractivity contribution in [2.24, 2.45) is 0 Å². The zero-order chi connectivity index (χ0) is 9.97. The molecule has 3 N–H and O–H groups in total. The third kappa shape index (κ3) is 2.98. The van der Waals surface area contributed by atoms with Crippen LogP contribution in [0.3, 0.4) is 0 Å². The molecule has 0 aromatic heterocycles. The summed E-state index contributed by atoms with van der Waals surface area (Å²) in [6, 6.07) is 5.68. The molecule has 2 rings (SSSR count). The minimum Gasteiger partial charge on any atom is -0.398 e. The first-order chi connectivity index (χ1) is 6.77. The number of nitrogens with one attached hydrogen (secondary N) is 1. The zero-order valence-electron chi connectivity index (χ0n) is 8.20. The SMILES string of the molecule is Cl.Nc1ccc(Cl)cc1[C@H]1COCCN1. The van der Waals surface area contributed by atoms with Crippen LogP contribution in [0, 0.1) is 0 Å². The summed E-state index contributed by atoms with van der Waals surface area (Å²) in [6.07, 6.45) is 0. The monoisotopic (exact) mass is 248 g/mol. The summed E-state index contributed by atoms with van der Waals surface area (Å²) in [4.78, 5) is 0. The van der Waals surface area contributed by atoms with E-state index in [1.165, 1.54) is 0 Å². The third-order valence-corrected chi connectivity index (χ3v) is 2.58. The highest BCUT2D eigenvalue weighted by Gasteiger charge is 2.17. The Morgan fingerprint density at radius 2 is 2.27 bits per heavy atom. The topological polar surface area (TPSA) is 47.3 Å². The Morgan fingerprint density at radius 1 is 1.47 bits per heavy atom. The molecule has 0 saturated carbocycles. The lowest BCUT2D eigenvalue weighted by molar-refractivity contribution is 0.0771. The van der Waals surface area contributed by atoms with Crippen molar-refractivity contribution in [2.45, 2.75) is 6.04 Å². The highest BCUT2D eigenvalue weighted by Crippen LogP contribution is 2.25. The summed E-state index contributed by atoms with van der Waals surface area (Å²) >= 11 is 5.91. The van der Waals surface area contributed by atoms with Gasteiger partial charge in [-0.1, -0.05) is 11.6 Å². The lowest BCUT2D eigenvalue weighted by Crippen LogP contribution is -2.34. The molecular formula is C10H14Cl2N2O. The third-order valence-electron chi connectivity index (χ3n) is 2.35. The summed E-state index contributed by atoms with van der Waals surface area (Å²) in [5.41, 5.74) is 7.65. The van der Waals surface area contributed by atoms with Crippen LogP contribution in [0.1, 0.15) is 11.6 Å². The lowest BCUT2D eigenvalue weighted by Gasteiger charge is -2.25. The maximum atomic E-state index is 5.91. The van der Waals surface area contributed by atoms with Gasteiger partial charge in [0, 0.05) is 17.3 Å². The van der Waals surface area contributed by atoms with Crippen molar-refractivity contribution < 1.29 is 4.74 Å². The fraction of sp³-hybridized carbons (Fsp3) is 0.400. The number of ether oxygens (including phenoxy) is 1. The molecule has 0 unspecified atom stereocenters. The minimum absolute atomic E-state index is 0. The summed E-state index contributed by atoms with van der Waals surface area (Å²) in [6.45, 7) is 2.28. The van der Waals surface area contributed by atoms with Crippen LogP contribution in [0.2, 0.25) is 5.02 Å². The number of halogens is 2. The number of morpholine rings is 1. The van der Waals surface area contributed by atoms with E-state index < -0.39 is 0 Å². The normalized spacial score (nSPS) is 20.7. The molecule has 0 spiro atoms. The van der Waals surface area contributed by atoms with Gasteiger partial charge in [-0.25, -0.2) is 0 Å². The van der Waals surface area contributed by atoms with Crippen LogP contribution < -0.4 is 11.1 Å². The van der Waals surface area contributed by atoms with Gasteiger partial charge < -0.3 is 15.8 Å². The van der Waals surface area contributed by atoms with Gasteiger partial charge in [0.1, 0.15) is 0 Å². The van der Waals surface area contributed by atoms with Crippen LogP contribution in [0.5, 0.6) is 0 Å². The van der Waals surface area contributed by atoms with Crippen LogP contribution in [0.4, 0.5) is 5.69 Å². The molecule has 1 heterocycles. The van der Waals surface area contributed by atoms with Crippen molar-refractivity contribution in [3.05, 3.63) is 28.8 Å². The molecule has 1 aromatic rings. The van der Waals surface area contributed by atoms with Gasteiger partial charge in [0.25, 0.3) is 0 Å². The van der Waals surface area contributed by atoms with Gasteiger partial charge in [-0.3, -0.25) is 0 Å². The highest BCUT2D eigenvalue weighted by atomic mass is 35.5. The number of nitrogen functional groups attached to an aromatic ring is 1. The maximum Gasteiger partial charge on any atom is 0.0662 e. The van der Waals surface area contributed by atoms with Gasteiger partial charge in [0.2, 0.25) is 0 Å². The van der Waals surface area contributed by atoms with E-state index >= 15 is 0 Å². The van der Waals surface area contributed by atoms with Crippen LogP contribution in [-0.2, 0) is 4.74 Å². The molecule has 0 radical (unpaired) electrons. The highest BCUT2D eigenvalue weighted by molar-refractivity contribution is 6.30. The fourth-order valence-corrected chi connectivity index (χ4v) is 1.79. The standard InChI is InChI=1S/C10H13ClN2O.ClH/c11-7-1-2-9(12)8(5-7)10-6-14-4-3-13-10;/h1-2,5,10,13H,3-4,6,12H2;1H/t10-;/m1./s1. The van der Waals surface area contributed by atoms with Crippen molar-refractivity contribution in [2.75, 3.05) is 25.5 Å². The number of hydrogen-bond acceptors (Lipinski definition) is 3. The quantitative estimate of drug-likeness (QED) is 0.748. The van der Waals surface area contributed by atoms with Crippen molar-refractivity contribution in [1.82, 2.24) is 5.32 Å². The second-order valence-corrected chi connectivity index (χ2v) is 3.79. The minimum atomic E-state index is 0. The van der Waals surface area contributed by atoms with E-state index in [2.05, 4.69) is 5.32 Å². The van der Waals surface area contributed by atoms with Gasteiger partial charge in [0.15, 0.2) is 0 Å². The molecule has 5 heteroatoms. The Balaban J connectivity index is 0.00000112. The van der Waals surface area contributed by atoms with Gasteiger partial charge in [0.05, 0.1) is 19.3 Å². The average Bonchev–Trinajstić information content (AvgIpc) is 2.23. The Kier molecular flexibility index (Phi) is 4.67. The first-order valence-electron chi connectivity index (χ1n) is 4.63. The fourth-order valence-electron chi connectivity index (χ4n) is 1.61. The molecule has 0 amide bonds. The van der Waals surface area contributed by atoms with E-state index in [1.807, 2.05) is 12.1 Å². The Bertz CT molecular complexity index is 327. The van der Waals surface area contributed by atoms with E-state index in [1.54, 1.807) is 6.07 Å². The van der Waals surface area contributed by atoms with Gasteiger partial charge in [-0.2, -0.15) is 0 Å². The lowest BCUT2D eigenvalue weighted by atomic mass is 10.0. The molecule has 1 atom stereocenters. The first kappa shape index (κ1) is 12.6. The largest absolute Gasteiger partial charge is 0.398 e. The van der Waals surface area contributed by atoms with Gasteiger partial charge in [-0.05, 0) is 23.8 Å². The van der Waals surface area contributed by atoms with Crippen LogP contribution in [0.15, 0.2) is 18.2 Å². The average molecular weight is 249 g/mol. The van der Waals surface area contributed by atoms with Crippen molar-refractivity contribution >= 4 is 29.7 Å². The molecule has 0 aliphatic carbocycles. The second-order valence-electron chi connectivity index (χ2n) is 3.35. The van der Waals surface area contributed by atoms with Crippen LogP contribution >= 0.6 is 24.0 Å². The van der Waals surface area contributed by atoms with E-state index in [9.17, 15) is 0 Å². The molecule has 1 fully saturated rings. The first-order valence-corrected chi connectivity index (χ1v) is 5.01. The van der Waals surface area contributed by atoms with Gasteiger partial charge >= 0.3 is 0 Å². The molecule has 15 heavy (non-hydrogen) atoms. The molecule has 1 aliphatic heterocycles. The van der Waals surface area contributed by atoms with E-state index in [4.69, 9.17) is 22.1 Å². The van der Waals surface area contributed by atoms with Crippen molar-refractivity contribution in [3.8, 4) is 0 Å². The summed E-state index contributed by atoms with van der Waals surface area (Å²) in [7, 11) is 0.